The Morgan fingerprint density at radius 3 is 2.57 bits per heavy atom. The van der Waals surface area contributed by atoms with Crippen molar-refractivity contribution in [3.8, 4) is 10.6 Å². The molecule has 0 amide bonds. The lowest BCUT2D eigenvalue weighted by atomic mass is 10.1. The van der Waals surface area contributed by atoms with Crippen LogP contribution in [0.5, 0.6) is 0 Å². The van der Waals surface area contributed by atoms with Crippen LogP contribution in [-0.4, -0.2) is 70.8 Å². The predicted molar refractivity (Wildman–Crippen MR) is 138 cm³/mol. The van der Waals surface area contributed by atoms with E-state index >= 15 is 0 Å². The maximum atomic E-state index is 13.3. The number of nitrogens with one attached hydrogen (secondary N) is 3. The van der Waals surface area contributed by atoms with Crippen LogP contribution >= 0.6 is 11.3 Å². The van der Waals surface area contributed by atoms with Crippen molar-refractivity contribution in [2.24, 2.45) is 5.92 Å². The van der Waals surface area contributed by atoms with Gasteiger partial charge in [-0.05, 0) is 50.2 Å². The van der Waals surface area contributed by atoms with Gasteiger partial charge in [0, 0.05) is 31.8 Å². The van der Waals surface area contributed by atoms with E-state index in [9.17, 15) is 18.3 Å². The normalized spacial score (nSPS) is 22.0. The van der Waals surface area contributed by atoms with Gasteiger partial charge in [-0.15, -0.1) is 11.3 Å². The molecule has 1 aromatic carbocycles. The minimum atomic E-state index is -3.20. The fourth-order valence-electron chi connectivity index (χ4n) is 4.91. The standard InChI is InChI=1S/C23H30N6O4S2/c1-35(32,33)29-10-8-15(9-11-29)25-23-27-20(24-16-7-6-14(12-16)13-30)19(21(31)28-23)22-26-17-4-2-3-5-18(17)34-22/h2-5,14-16,30H,6-13H2,1H3,(H3,24,25,27,28,31). The van der Waals surface area contributed by atoms with Gasteiger partial charge in [0.15, 0.2) is 0 Å². The SMILES string of the molecule is CS(=O)(=O)N1CCC(Nc2nc(NC3CCC(CO)C3)c(-c3nc4ccccc4s3)c(=O)[nH]2)CC1. The monoisotopic (exact) mass is 518 g/mol. The molecule has 1 saturated heterocycles. The van der Waals surface area contributed by atoms with Gasteiger partial charge in [0.05, 0.1) is 16.5 Å². The number of para-hydroxylation sites is 1. The van der Waals surface area contributed by atoms with E-state index in [-0.39, 0.29) is 30.2 Å². The Morgan fingerprint density at radius 1 is 1.11 bits per heavy atom. The summed E-state index contributed by atoms with van der Waals surface area (Å²) in [5.41, 5.74) is 0.962. The Bertz CT molecular complexity index is 1330. The number of anilines is 2. The molecule has 4 N–H and O–H groups in total. The number of aromatic nitrogens is 3. The molecule has 0 bridgehead atoms. The van der Waals surface area contributed by atoms with E-state index < -0.39 is 10.0 Å². The van der Waals surface area contributed by atoms with Crippen LogP contribution < -0.4 is 16.2 Å². The van der Waals surface area contributed by atoms with Crippen LogP contribution in [0.15, 0.2) is 29.1 Å². The topological polar surface area (TPSA) is 140 Å². The highest BCUT2D eigenvalue weighted by Gasteiger charge is 2.28. The van der Waals surface area contributed by atoms with E-state index in [0.29, 0.717) is 48.3 Å². The Kier molecular flexibility index (Phi) is 6.80. The molecule has 2 unspecified atom stereocenters. The summed E-state index contributed by atoms with van der Waals surface area (Å²) in [6, 6.07) is 7.88. The average molecular weight is 519 g/mol. The van der Waals surface area contributed by atoms with Crippen molar-refractivity contribution in [3.05, 3.63) is 34.6 Å². The lowest BCUT2D eigenvalue weighted by Gasteiger charge is -2.30. The zero-order valence-corrected chi connectivity index (χ0v) is 21.2. The van der Waals surface area contributed by atoms with Crippen molar-refractivity contribution in [2.75, 3.05) is 36.6 Å². The molecule has 1 saturated carbocycles. The summed E-state index contributed by atoms with van der Waals surface area (Å²) in [5, 5.41) is 16.9. The van der Waals surface area contributed by atoms with Gasteiger partial charge in [-0.25, -0.2) is 17.7 Å². The summed E-state index contributed by atoms with van der Waals surface area (Å²) >= 11 is 1.45. The average Bonchev–Trinajstić information content (AvgIpc) is 3.45. The number of aliphatic hydroxyl groups excluding tert-OH is 1. The van der Waals surface area contributed by atoms with E-state index in [1.165, 1.54) is 21.9 Å². The minimum Gasteiger partial charge on any atom is -0.396 e. The van der Waals surface area contributed by atoms with Gasteiger partial charge in [0.25, 0.3) is 5.56 Å². The summed E-state index contributed by atoms with van der Waals surface area (Å²) in [7, 11) is -3.20. The van der Waals surface area contributed by atoms with E-state index in [1.54, 1.807) is 0 Å². The van der Waals surface area contributed by atoms with Crippen molar-refractivity contribution in [1.82, 2.24) is 19.3 Å². The van der Waals surface area contributed by atoms with Crippen LogP contribution in [0.2, 0.25) is 0 Å². The molecule has 0 radical (unpaired) electrons. The Morgan fingerprint density at radius 2 is 1.89 bits per heavy atom. The highest BCUT2D eigenvalue weighted by Crippen LogP contribution is 2.34. The molecule has 2 aromatic heterocycles. The third kappa shape index (κ3) is 5.35. The van der Waals surface area contributed by atoms with Crippen LogP contribution in [0, 0.1) is 5.92 Å². The van der Waals surface area contributed by atoms with Crippen molar-refractivity contribution in [1.29, 1.82) is 0 Å². The molecule has 2 atom stereocenters. The van der Waals surface area contributed by atoms with Crippen molar-refractivity contribution < 1.29 is 13.5 Å². The van der Waals surface area contributed by atoms with Crippen LogP contribution in [-0.2, 0) is 10.0 Å². The van der Waals surface area contributed by atoms with Crippen molar-refractivity contribution in [3.63, 3.8) is 0 Å². The number of aromatic amines is 1. The molecule has 0 spiro atoms. The smallest absolute Gasteiger partial charge is 0.264 e. The number of H-pyrrole nitrogens is 1. The molecule has 12 heteroatoms. The zero-order valence-electron chi connectivity index (χ0n) is 19.5. The summed E-state index contributed by atoms with van der Waals surface area (Å²) < 4.78 is 26.1. The fraction of sp³-hybridized carbons (Fsp3) is 0.522. The molecule has 3 aromatic rings. The van der Waals surface area contributed by atoms with Crippen LogP contribution in [0.3, 0.4) is 0 Å². The largest absolute Gasteiger partial charge is 0.396 e. The number of thiazole rings is 1. The number of fused-ring (bicyclic) bond motifs is 1. The first-order chi connectivity index (χ1) is 16.8. The fourth-order valence-corrected chi connectivity index (χ4v) is 6.80. The van der Waals surface area contributed by atoms with E-state index in [2.05, 4.69) is 20.6 Å². The van der Waals surface area contributed by atoms with Gasteiger partial charge in [0.2, 0.25) is 16.0 Å². The lowest BCUT2D eigenvalue weighted by Crippen LogP contribution is -2.42. The molecule has 3 heterocycles. The first-order valence-corrected chi connectivity index (χ1v) is 14.6. The first-order valence-electron chi connectivity index (χ1n) is 11.9. The van der Waals surface area contributed by atoms with Crippen molar-refractivity contribution in [2.45, 2.75) is 44.2 Å². The third-order valence-corrected chi connectivity index (χ3v) is 9.19. The van der Waals surface area contributed by atoms with Gasteiger partial charge < -0.3 is 15.7 Å². The molecular formula is C23H30N6O4S2. The molecule has 2 fully saturated rings. The maximum absolute atomic E-state index is 13.3. The Hall–Kier alpha value is -2.54. The molecule has 10 nitrogen and oxygen atoms in total. The quantitative estimate of drug-likeness (QED) is 0.374. The second-order valence-electron chi connectivity index (χ2n) is 9.41. The summed E-state index contributed by atoms with van der Waals surface area (Å²) in [6.07, 6.45) is 5.11. The number of aliphatic hydroxyl groups is 1. The molecule has 2 aliphatic rings. The van der Waals surface area contributed by atoms with E-state index in [0.717, 1.165) is 29.5 Å². The lowest BCUT2D eigenvalue weighted by molar-refractivity contribution is 0.229. The van der Waals surface area contributed by atoms with Gasteiger partial charge >= 0.3 is 0 Å². The van der Waals surface area contributed by atoms with Gasteiger partial charge in [0.1, 0.15) is 16.4 Å². The number of rotatable bonds is 7. The highest BCUT2D eigenvalue weighted by atomic mass is 32.2. The molecule has 5 rings (SSSR count). The molecule has 1 aliphatic heterocycles. The third-order valence-electron chi connectivity index (χ3n) is 6.83. The second kappa shape index (κ2) is 9.84. The first kappa shape index (κ1) is 24.2. The van der Waals surface area contributed by atoms with Crippen LogP contribution in [0.25, 0.3) is 20.8 Å². The predicted octanol–water partition coefficient (Wildman–Crippen LogP) is 2.46. The number of piperidine rings is 1. The zero-order chi connectivity index (χ0) is 24.6. The minimum absolute atomic E-state index is 0.00236. The second-order valence-corrected chi connectivity index (χ2v) is 12.4. The van der Waals surface area contributed by atoms with Gasteiger partial charge in [-0.3, -0.25) is 9.78 Å². The maximum Gasteiger partial charge on any atom is 0.264 e. The number of hydrogen-bond donors (Lipinski definition) is 4. The Balaban J connectivity index is 1.43. The Labute approximate surface area is 207 Å². The van der Waals surface area contributed by atoms with Crippen LogP contribution in [0.1, 0.15) is 32.1 Å². The van der Waals surface area contributed by atoms with Crippen LogP contribution in [0.4, 0.5) is 11.8 Å². The van der Waals surface area contributed by atoms with E-state index in [4.69, 9.17) is 4.98 Å². The molecular weight excluding hydrogens is 488 g/mol. The number of benzene rings is 1. The summed E-state index contributed by atoms with van der Waals surface area (Å²) in [4.78, 5) is 25.6. The highest BCUT2D eigenvalue weighted by molar-refractivity contribution is 7.88. The molecule has 188 valence electrons. The van der Waals surface area contributed by atoms with Gasteiger partial charge in [-0.1, -0.05) is 12.1 Å². The summed E-state index contributed by atoms with van der Waals surface area (Å²) in [6.45, 7) is 1.02. The number of hydrogen-bond acceptors (Lipinski definition) is 9. The molecule has 35 heavy (non-hydrogen) atoms. The van der Waals surface area contributed by atoms with Gasteiger partial charge in [-0.2, -0.15) is 4.98 Å². The van der Waals surface area contributed by atoms with E-state index in [1.807, 2.05) is 24.3 Å². The van der Waals surface area contributed by atoms with Crippen molar-refractivity contribution >= 4 is 43.3 Å². The summed E-state index contributed by atoms with van der Waals surface area (Å²) in [5.74, 6) is 1.09. The molecule has 1 aliphatic carbocycles. The number of sulfonamides is 1. The number of nitrogens with zero attached hydrogens (tertiary/aromatic N) is 3.